The van der Waals surface area contributed by atoms with Gasteiger partial charge in [-0.3, -0.25) is 4.79 Å². The maximum Gasteiger partial charge on any atom is 0.220 e. The molecule has 0 spiro atoms. The summed E-state index contributed by atoms with van der Waals surface area (Å²) in [5.74, 6) is 0.349. The molecule has 0 saturated heterocycles. The molecule has 100 valence electrons. The highest BCUT2D eigenvalue weighted by molar-refractivity contribution is 5.76. The lowest BCUT2D eigenvalue weighted by Crippen LogP contribution is -2.55. The number of hydrogen-bond donors (Lipinski definition) is 2. The first kappa shape index (κ1) is 16.1. The van der Waals surface area contributed by atoms with Crippen LogP contribution in [-0.2, 0) is 9.53 Å². The summed E-state index contributed by atoms with van der Waals surface area (Å²) in [6, 6.07) is 0. The highest BCUT2D eigenvalue weighted by Gasteiger charge is 2.27. The molecule has 1 amide bonds. The van der Waals surface area contributed by atoms with Crippen molar-refractivity contribution in [1.29, 1.82) is 0 Å². The summed E-state index contributed by atoms with van der Waals surface area (Å²) in [6.45, 7) is 11.2. The van der Waals surface area contributed by atoms with Crippen molar-refractivity contribution in [2.24, 2.45) is 11.7 Å². The molecule has 0 heterocycles. The molecule has 0 radical (unpaired) electrons. The van der Waals surface area contributed by atoms with E-state index in [4.69, 9.17) is 10.5 Å². The van der Waals surface area contributed by atoms with Crippen LogP contribution >= 0.6 is 0 Å². The average Bonchev–Trinajstić information content (AvgIpc) is 2.28. The van der Waals surface area contributed by atoms with E-state index in [1.54, 1.807) is 6.08 Å². The number of ether oxygens (including phenoxy) is 1. The molecule has 0 fully saturated rings. The first-order chi connectivity index (χ1) is 7.96. The van der Waals surface area contributed by atoms with E-state index in [2.05, 4.69) is 25.7 Å². The zero-order valence-corrected chi connectivity index (χ0v) is 11.3. The Hall–Kier alpha value is -0.870. The van der Waals surface area contributed by atoms with E-state index < -0.39 is 0 Å². The van der Waals surface area contributed by atoms with Crippen LogP contribution in [-0.4, -0.2) is 31.2 Å². The van der Waals surface area contributed by atoms with Crippen LogP contribution in [0.3, 0.4) is 0 Å². The van der Waals surface area contributed by atoms with Crippen molar-refractivity contribution in [2.45, 2.75) is 39.2 Å². The van der Waals surface area contributed by atoms with Gasteiger partial charge >= 0.3 is 0 Å². The van der Waals surface area contributed by atoms with Crippen LogP contribution in [0.2, 0.25) is 0 Å². The Morgan fingerprint density at radius 2 is 2.24 bits per heavy atom. The van der Waals surface area contributed by atoms with Gasteiger partial charge in [0.2, 0.25) is 5.91 Å². The molecule has 1 unspecified atom stereocenters. The molecule has 4 nitrogen and oxygen atoms in total. The topological polar surface area (TPSA) is 64.3 Å². The van der Waals surface area contributed by atoms with Gasteiger partial charge in [0.25, 0.3) is 0 Å². The van der Waals surface area contributed by atoms with E-state index in [1.165, 1.54) is 0 Å². The molecule has 4 heteroatoms. The number of nitrogens with one attached hydrogen (secondary N) is 1. The maximum absolute atomic E-state index is 11.7. The fourth-order valence-corrected chi connectivity index (χ4v) is 1.31. The van der Waals surface area contributed by atoms with Crippen molar-refractivity contribution in [1.82, 2.24) is 5.32 Å². The minimum absolute atomic E-state index is 0.0360. The van der Waals surface area contributed by atoms with E-state index in [0.717, 1.165) is 6.42 Å². The molecule has 17 heavy (non-hydrogen) atoms. The van der Waals surface area contributed by atoms with Crippen LogP contribution < -0.4 is 11.1 Å². The quantitative estimate of drug-likeness (QED) is 0.475. The molecule has 0 aromatic carbocycles. The Morgan fingerprint density at radius 1 is 1.59 bits per heavy atom. The van der Waals surface area contributed by atoms with Gasteiger partial charge in [-0.05, 0) is 19.3 Å². The highest BCUT2D eigenvalue weighted by Crippen LogP contribution is 2.14. The van der Waals surface area contributed by atoms with E-state index in [9.17, 15) is 4.79 Å². The smallest absolute Gasteiger partial charge is 0.220 e. The highest BCUT2D eigenvalue weighted by atomic mass is 16.5. The Bertz CT molecular complexity index is 242. The predicted octanol–water partition coefficient (Wildman–Crippen LogP) is 1.46. The molecule has 0 aliphatic heterocycles. The van der Waals surface area contributed by atoms with E-state index >= 15 is 0 Å². The van der Waals surface area contributed by atoms with Crippen LogP contribution in [0, 0.1) is 5.92 Å². The predicted molar refractivity (Wildman–Crippen MR) is 70.7 cm³/mol. The van der Waals surface area contributed by atoms with E-state index in [1.807, 2.05) is 6.92 Å². The van der Waals surface area contributed by atoms with Crippen molar-refractivity contribution in [2.75, 3.05) is 19.8 Å². The molecule has 1 atom stereocenters. The number of amides is 1. The summed E-state index contributed by atoms with van der Waals surface area (Å²) < 4.78 is 5.21. The minimum Gasteiger partial charge on any atom is -0.377 e. The second kappa shape index (κ2) is 8.25. The number of hydrogen-bond acceptors (Lipinski definition) is 3. The number of nitrogens with two attached hydrogens (primary N) is 1. The molecule has 0 bridgehead atoms. The lowest BCUT2D eigenvalue weighted by Gasteiger charge is -2.33. The van der Waals surface area contributed by atoms with Gasteiger partial charge in [0.15, 0.2) is 0 Å². The van der Waals surface area contributed by atoms with Gasteiger partial charge in [0.05, 0.1) is 12.1 Å². The van der Waals surface area contributed by atoms with Gasteiger partial charge in [-0.25, -0.2) is 0 Å². The Morgan fingerprint density at radius 3 is 2.71 bits per heavy atom. The molecule has 0 aromatic rings. The molecule has 0 saturated carbocycles. The maximum atomic E-state index is 11.7. The number of rotatable bonds is 9. The molecular weight excluding hydrogens is 216 g/mol. The summed E-state index contributed by atoms with van der Waals surface area (Å²) >= 11 is 0. The minimum atomic E-state index is -0.320. The van der Waals surface area contributed by atoms with Crippen LogP contribution in [0.1, 0.15) is 33.6 Å². The van der Waals surface area contributed by atoms with Crippen LogP contribution in [0.5, 0.6) is 0 Å². The Labute approximate surface area is 105 Å². The fourth-order valence-electron chi connectivity index (χ4n) is 1.31. The van der Waals surface area contributed by atoms with E-state index in [-0.39, 0.29) is 11.4 Å². The van der Waals surface area contributed by atoms with Gasteiger partial charge < -0.3 is 15.8 Å². The SMILES string of the molecule is C=CCOCCCC(=O)NC(C)(CN)C(C)C. The lowest BCUT2D eigenvalue weighted by molar-refractivity contribution is -0.123. The van der Waals surface area contributed by atoms with Crippen molar-refractivity contribution in [3.8, 4) is 0 Å². The van der Waals surface area contributed by atoms with E-state index in [0.29, 0.717) is 32.1 Å². The van der Waals surface area contributed by atoms with Gasteiger partial charge in [0, 0.05) is 19.6 Å². The van der Waals surface area contributed by atoms with Crippen molar-refractivity contribution >= 4 is 5.91 Å². The van der Waals surface area contributed by atoms with Crippen LogP contribution in [0.25, 0.3) is 0 Å². The largest absolute Gasteiger partial charge is 0.377 e. The number of carbonyl (C=O) groups excluding carboxylic acids is 1. The summed E-state index contributed by atoms with van der Waals surface area (Å²) in [5.41, 5.74) is 5.38. The Kier molecular flexibility index (Phi) is 7.83. The zero-order valence-electron chi connectivity index (χ0n) is 11.3. The summed E-state index contributed by atoms with van der Waals surface area (Å²) in [5, 5.41) is 2.99. The fraction of sp³-hybridized carbons (Fsp3) is 0.769. The molecule has 3 N–H and O–H groups in total. The molecule has 0 aliphatic carbocycles. The standard InChI is InChI=1S/C13H26N2O2/c1-5-8-17-9-6-7-12(16)15-13(4,10-14)11(2)3/h5,11H,1,6-10,14H2,2-4H3,(H,15,16). The monoisotopic (exact) mass is 242 g/mol. The zero-order chi connectivity index (χ0) is 13.3. The van der Waals surface area contributed by atoms with Crippen molar-refractivity contribution in [3.63, 3.8) is 0 Å². The van der Waals surface area contributed by atoms with Gasteiger partial charge in [0.1, 0.15) is 0 Å². The van der Waals surface area contributed by atoms with Gasteiger partial charge in [-0.15, -0.1) is 6.58 Å². The average molecular weight is 242 g/mol. The van der Waals surface area contributed by atoms with Gasteiger partial charge in [-0.1, -0.05) is 19.9 Å². The summed E-state index contributed by atoms with van der Waals surface area (Å²) in [7, 11) is 0. The lowest BCUT2D eigenvalue weighted by atomic mass is 9.88. The second-order valence-electron chi connectivity index (χ2n) is 4.79. The first-order valence-corrected chi connectivity index (χ1v) is 6.16. The second-order valence-corrected chi connectivity index (χ2v) is 4.79. The molecular formula is C13H26N2O2. The third-order valence-electron chi connectivity index (χ3n) is 3.05. The third-order valence-corrected chi connectivity index (χ3v) is 3.05. The number of carbonyl (C=O) groups is 1. The molecule has 0 rings (SSSR count). The van der Waals surface area contributed by atoms with Crippen LogP contribution in [0.15, 0.2) is 12.7 Å². The van der Waals surface area contributed by atoms with Crippen molar-refractivity contribution < 1.29 is 9.53 Å². The molecule has 0 aromatic heterocycles. The van der Waals surface area contributed by atoms with Crippen LogP contribution in [0.4, 0.5) is 0 Å². The summed E-state index contributed by atoms with van der Waals surface area (Å²) in [4.78, 5) is 11.7. The molecule has 0 aliphatic rings. The van der Waals surface area contributed by atoms with Crippen molar-refractivity contribution in [3.05, 3.63) is 12.7 Å². The first-order valence-electron chi connectivity index (χ1n) is 6.16. The van der Waals surface area contributed by atoms with Gasteiger partial charge in [-0.2, -0.15) is 0 Å². The normalized spacial score (nSPS) is 14.4. The third kappa shape index (κ3) is 6.44. The Balaban J connectivity index is 3.88. The summed E-state index contributed by atoms with van der Waals surface area (Å²) in [6.07, 6.45) is 2.89.